The predicted molar refractivity (Wildman–Crippen MR) is 91.1 cm³/mol. The number of likely N-dealkylation sites (N-methyl/N-ethyl adjacent to an activating group) is 1. The first-order valence-electron chi connectivity index (χ1n) is 6.93. The van der Waals surface area contributed by atoms with Crippen molar-refractivity contribution < 1.29 is 22.4 Å². The molecule has 0 fully saturated rings. The Morgan fingerprint density at radius 3 is 2.75 bits per heavy atom. The Morgan fingerprint density at radius 1 is 1.38 bits per heavy atom. The molecule has 7 nitrogen and oxygen atoms in total. The summed E-state index contributed by atoms with van der Waals surface area (Å²) in [6, 6.07) is 8.08. The van der Waals surface area contributed by atoms with Gasteiger partial charge >= 0.3 is 0 Å². The molecule has 2 aromatic rings. The Kier molecular flexibility index (Phi) is 6.03. The number of nitrogens with one attached hydrogen (secondary N) is 1. The van der Waals surface area contributed by atoms with Crippen LogP contribution in [-0.4, -0.2) is 39.3 Å². The fraction of sp³-hybridized carbons (Fsp3) is 0.267. The fourth-order valence-electron chi connectivity index (χ4n) is 1.96. The van der Waals surface area contributed by atoms with Crippen LogP contribution in [0.2, 0.25) is 0 Å². The predicted octanol–water partition coefficient (Wildman–Crippen LogP) is 1.99. The van der Waals surface area contributed by atoms with E-state index in [4.69, 9.17) is 9.15 Å². The first-order chi connectivity index (χ1) is 11.3. The average molecular weight is 417 g/mol. The largest absolute Gasteiger partial charge is 0.495 e. The second-order valence-electron chi connectivity index (χ2n) is 4.91. The zero-order valence-electron chi connectivity index (χ0n) is 13.2. The van der Waals surface area contributed by atoms with E-state index in [0.717, 1.165) is 4.31 Å². The van der Waals surface area contributed by atoms with Gasteiger partial charge in [-0.25, -0.2) is 8.42 Å². The SMILES string of the molecule is COc1ccc(Br)cc1S(=O)(=O)N(C)CC(=O)NCc1ccco1. The van der Waals surface area contributed by atoms with Crippen molar-refractivity contribution >= 4 is 31.9 Å². The van der Waals surface area contributed by atoms with Gasteiger partial charge in [0, 0.05) is 11.5 Å². The number of sulfonamides is 1. The first kappa shape index (κ1) is 18.5. The summed E-state index contributed by atoms with van der Waals surface area (Å²) in [6.45, 7) is -0.126. The monoisotopic (exact) mass is 416 g/mol. The lowest BCUT2D eigenvalue weighted by Gasteiger charge is -2.18. The van der Waals surface area contributed by atoms with E-state index in [-0.39, 0.29) is 23.7 Å². The summed E-state index contributed by atoms with van der Waals surface area (Å²) in [5.41, 5.74) is 0. The number of amides is 1. The number of nitrogens with zero attached hydrogens (tertiary/aromatic N) is 1. The third-order valence-corrected chi connectivity index (χ3v) is 5.54. The fourth-order valence-corrected chi connectivity index (χ4v) is 3.78. The molecule has 1 aromatic carbocycles. The number of rotatable bonds is 7. The second kappa shape index (κ2) is 7.82. The van der Waals surface area contributed by atoms with Gasteiger partial charge in [0.2, 0.25) is 15.9 Å². The Bertz CT molecular complexity index is 805. The lowest BCUT2D eigenvalue weighted by molar-refractivity contribution is -0.121. The lowest BCUT2D eigenvalue weighted by atomic mass is 10.3. The molecule has 130 valence electrons. The van der Waals surface area contributed by atoms with Crippen molar-refractivity contribution in [3.63, 3.8) is 0 Å². The van der Waals surface area contributed by atoms with Gasteiger partial charge < -0.3 is 14.5 Å². The van der Waals surface area contributed by atoms with Gasteiger partial charge in [-0.15, -0.1) is 0 Å². The van der Waals surface area contributed by atoms with E-state index in [0.29, 0.717) is 10.2 Å². The number of carbonyl (C=O) groups is 1. The summed E-state index contributed by atoms with van der Waals surface area (Å²) in [5, 5.41) is 2.60. The summed E-state index contributed by atoms with van der Waals surface area (Å²) < 4.78 is 37.1. The van der Waals surface area contributed by atoms with Gasteiger partial charge in [0.15, 0.2) is 0 Å². The van der Waals surface area contributed by atoms with Gasteiger partial charge in [-0.1, -0.05) is 15.9 Å². The molecule has 1 aromatic heterocycles. The maximum atomic E-state index is 12.7. The molecule has 0 radical (unpaired) electrons. The van der Waals surface area contributed by atoms with E-state index in [9.17, 15) is 13.2 Å². The van der Waals surface area contributed by atoms with Crippen LogP contribution < -0.4 is 10.1 Å². The van der Waals surface area contributed by atoms with E-state index < -0.39 is 15.9 Å². The van der Waals surface area contributed by atoms with Gasteiger partial charge in [0.25, 0.3) is 0 Å². The van der Waals surface area contributed by atoms with Gasteiger partial charge in [0.1, 0.15) is 16.4 Å². The molecule has 0 unspecified atom stereocenters. The van der Waals surface area contributed by atoms with Crippen LogP contribution >= 0.6 is 15.9 Å². The molecule has 2 rings (SSSR count). The molecule has 0 spiro atoms. The minimum Gasteiger partial charge on any atom is -0.495 e. The average Bonchev–Trinajstić information content (AvgIpc) is 3.06. The molecule has 0 aliphatic carbocycles. The smallest absolute Gasteiger partial charge is 0.247 e. The molecule has 0 saturated carbocycles. The summed E-state index contributed by atoms with van der Waals surface area (Å²) in [7, 11) is -1.15. The van der Waals surface area contributed by atoms with Gasteiger partial charge in [-0.2, -0.15) is 4.31 Å². The minimum absolute atomic E-state index is 0.0132. The number of halogens is 1. The summed E-state index contributed by atoms with van der Waals surface area (Å²) in [6.07, 6.45) is 1.50. The molecule has 0 aliphatic heterocycles. The Hall–Kier alpha value is -1.84. The van der Waals surface area contributed by atoms with Crippen LogP contribution in [0.1, 0.15) is 5.76 Å². The highest BCUT2D eigenvalue weighted by atomic mass is 79.9. The maximum Gasteiger partial charge on any atom is 0.247 e. The maximum absolute atomic E-state index is 12.7. The number of ether oxygens (including phenoxy) is 1. The number of benzene rings is 1. The molecular formula is C15H17BrN2O5S. The Labute approximate surface area is 148 Å². The van der Waals surface area contributed by atoms with Gasteiger partial charge in [-0.3, -0.25) is 4.79 Å². The molecule has 0 bridgehead atoms. The van der Waals surface area contributed by atoms with Gasteiger partial charge in [0.05, 0.1) is 26.5 Å². The van der Waals surface area contributed by atoms with Crippen LogP contribution in [0.5, 0.6) is 5.75 Å². The summed E-state index contributed by atoms with van der Waals surface area (Å²) in [4.78, 5) is 11.9. The first-order valence-corrected chi connectivity index (χ1v) is 9.17. The second-order valence-corrected chi connectivity index (χ2v) is 7.84. The van der Waals surface area contributed by atoms with E-state index in [1.165, 1.54) is 26.5 Å². The van der Waals surface area contributed by atoms with Crippen LogP contribution in [0.15, 0.2) is 50.4 Å². The third kappa shape index (κ3) is 4.37. The molecule has 0 atom stereocenters. The summed E-state index contributed by atoms with van der Waals surface area (Å²) >= 11 is 3.24. The number of carbonyl (C=O) groups excluding carboxylic acids is 1. The van der Waals surface area contributed by atoms with Crippen molar-refractivity contribution in [2.24, 2.45) is 0 Å². The quantitative estimate of drug-likeness (QED) is 0.745. The number of hydrogen-bond acceptors (Lipinski definition) is 5. The van der Waals surface area contributed by atoms with E-state index in [2.05, 4.69) is 21.2 Å². The molecule has 0 saturated heterocycles. The standard InChI is InChI=1S/C15H17BrN2O5S/c1-18(10-15(19)17-9-12-4-3-7-23-12)24(20,21)14-8-11(16)5-6-13(14)22-2/h3-8H,9-10H2,1-2H3,(H,17,19). The normalized spacial score (nSPS) is 11.5. The number of hydrogen-bond donors (Lipinski definition) is 1. The minimum atomic E-state index is -3.88. The topological polar surface area (TPSA) is 88.9 Å². The van der Waals surface area contributed by atoms with Crippen molar-refractivity contribution in [1.82, 2.24) is 9.62 Å². The zero-order chi connectivity index (χ0) is 17.7. The lowest BCUT2D eigenvalue weighted by Crippen LogP contribution is -2.38. The molecule has 1 amide bonds. The van der Waals surface area contributed by atoms with Crippen molar-refractivity contribution in [3.05, 3.63) is 46.8 Å². The zero-order valence-corrected chi connectivity index (χ0v) is 15.6. The van der Waals surface area contributed by atoms with E-state index in [1.54, 1.807) is 24.3 Å². The Morgan fingerprint density at radius 2 is 2.12 bits per heavy atom. The molecule has 0 aliphatic rings. The molecule has 9 heteroatoms. The van der Waals surface area contributed by atoms with Crippen molar-refractivity contribution in [2.75, 3.05) is 20.7 Å². The molecule has 1 heterocycles. The van der Waals surface area contributed by atoms with Crippen LogP contribution in [0.3, 0.4) is 0 Å². The van der Waals surface area contributed by atoms with Crippen LogP contribution in [0.25, 0.3) is 0 Å². The number of furan rings is 1. The highest BCUT2D eigenvalue weighted by molar-refractivity contribution is 9.10. The van der Waals surface area contributed by atoms with Crippen molar-refractivity contribution in [2.45, 2.75) is 11.4 Å². The van der Waals surface area contributed by atoms with Crippen LogP contribution in [0, 0.1) is 0 Å². The highest BCUT2D eigenvalue weighted by Gasteiger charge is 2.26. The van der Waals surface area contributed by atoms with Crippen molar-refractivity contribution in [1.29, 1.82) is 0 Å². The van der Waals surface area contributed by atoms with Crippen LogP contribution in [0.4, 0.5) is 0 Å². The van der Waals surface area contributed by atoms with Crippen molar-refractivity contribution in [3.8, 4) is 5.75 Å². The van der Waals surface area contributed by atoms with E-state index in [1.807, 2.05) is 0 Å². The molecular weight excluding hydrogens is 400 g/mol. The third-order valence-electron chi connectivity index (χ3n) is 3.22. The Balaban J connectivity index is 2.08. The van der Waals surface area contributed by atoms with E-state index >= 15 is 0 Å². The molecule has 1 N–H and O–H groups in total. The number of methoxy groups -OCH3 is 1. The molecule has 24 heavy (non-hydrogen) atoms. The van der Waals surface area contributed by atoms with Crippen LogP contribution in [-0.2, 0) is 21.4 Å². The van der Waals surface area contributed by atoms with Gasteiger partial charge in [-0.05, 0) is 30.3 Å². The highest BCUT2D eigenvalue weighted by Crippen LogP contribution is 2.29. The summed E-state index contributed by atoms with van der Waals surface area (Å²) in [5.74, 6) is 0.356.